The molecule has 5 nitrogen and oxygen atoms in total. The predicted octanol–water partition coefficient (Wildman–Crippen LogP) is 4.12. The van der Waals surface area contributed by atoms with E-state index in [0.29, 0.717) is 10.7 Å². The Hall–Kier alpha value is -2.05. The van der Waals surface area contributed by atoms with Crippen LogP contribution in [0.5, 0.6) is 0 Å². The SMILES string of the molecule is O=C(NCc1ccc(C(=O)O)cc1)Nc1ccc(Br)cc1Cl. The van der Waals surface area contributed by atoms with Crippen molar-refractivity contribution in [3.05, 3.63) is 63.1 Å². The summed E-state index contributed by atoms with van der Waals surface area (Å²) in [6.07, 6.45) is 0. The van der Waals surface area contributed by atoms with Gasteiger partial charge >= 0.3 is 12.0 Å². The maximum atomic E-state index is 11.8. The summed E-state index contributed by atoms with van der Waals surface area (Å²) < 4.78 is 0.821. The number of hydrogen-bond acceptors (Lipinski definition) is 2. The molecule has 3 N–H and O–H groups in total. The molecular weight excluding hydrogens is 372 g/mol. The van der Waals surface area contributed by atoms with Crippen LogP contribution in [0, 0.1) is 0 Å². The summed E-state index contributed by atoms with van der Waals surface area (Å²) in [6.45, 7) is 0.278. The quantitative estimate of drug-likeness (QED) is 0.743. The van der Waals surface area contributed by atoms with Crippen molar-refractivity contribution >= 4 is 45.2 Å². The number of rotatable bonds is 4. The van der Waals surface area contributed by atoms with Crippen molar-refractivity contribution in [2.45, 2.75) is 6.54 Å². The highest BCUT2D eigenvalue weighted by molar-refractivity contribution is 9.10. The molecule has 0 aliphatic carbocycles. The molecule has 0 spiro atoms. The first-order chi connectivity index (χ1) is 10.5. The average Bonchev–Trinajstić information content (AvgIpc) is 2.48. The third-order valence-corrected chi connectivity index (χ3v) is 3.64. The highest BCUT2D eigenvalue weighted by Crippen LogP contribution is 2.25. The number of anilines is 1. The first-order valence-electron chi connectivity index (χ1n) is 6.28. The fourth-order valence-electron chi connectivity index (χ4n) is 1.70. The van der Waals surface area contributed by atoms with Crippen LogP contribution in [0.15, 0.2) is 46.9 Å². The molecular formula is C15H12BrClN2O3. The van der Waals surface area contributed by atoms with Crippen LogP contribution in [0.4, 0.5) is 10.5 Å². The van der Waals surface area contributed by atoms with Gasteiger partial charge in [-0.2, -0.15) is 0 Å². The second-order valence-corrected chi connectivity index (χ2v) is 5.76. The smallest absolute Gasteiger partial charge is 0.335 e. The number of carboxylic acids is 1. The van der Waals surface area contributed by atoms with Crippen LogP contribution in [0.1, 0.15) is 15.9 Å². The van der Waals surface area contributed by atoms with E-state index in [1.165, 1.54) is 12.1 Å². The lowest BCUT2D eigenvalue weighted by atomic mass is 10.1. The monoisotopic (exact) mass is 382 g/mol. The Morgan fingerprint density at radius 3 is 2.41 bits per heavy atom. The molecule has 0 radical (unpaired) electrons. The van der Waals surface area contributed by atoms with Gasteiger partial charge in [0, 0.05) is 11.0 Å². The minimum Gasteiger partial charge on any atom is -0.478 e. The maximum absolute atomic E-state index is 11.8. The van der Waals surface area contributed by atoms with Crippen LogP contribution in [-0.4, -0.2) is 17.1 Å². The fraction of sp³-hybridized carbons (Fsp3) is 0.0667. The number of carbonyl (C=O) groups is 2. The van der Waals surface area contributed by atoms with E-state index < -0.39 is 12.0 Å². The zero-order chi connectivity index (χ0) is 16.1. The summed E-state index contributed by atoms with van der Waals surface area (Å²) in [7, 11) is 0. The summed E-state index contributed by atoms with van der Waals surface area (Å²) >= 11 is 9.29. The normalized spacial score (nSPS) is 10.1. The van der Waals surface area contributed by atoms with Crippen LogP contribution in [0.2, 0.25) is 5.02 Å². The van der Waals surface area contributed by atoms with Crippen LogP contribution in [0.3, 0.4) is 0 Å². The number of urea groups is 1. The number of halogens is 2. The topological polar surface area (TPSA) is 78.4 Å². The van der Waals surface area contributed by atoms with Crippen molar-refractivity contribution in [1.82, 2.24) is 5.32 Å². The van der Waals surface area contributed by atoms with Crippen molar-refractivity contribution in [1.29, 1.82) is 0 Å². The molecule has 114 valence electrons. The Morgan fingerprint density at radius 2 is 1.82 bits per heavy atom. The van der Waals surface area contributed by atoms with Gasteiger partial charge in [-0.25, -0.2) is 9.59 Å². The van der Waals surface area contributed by atoms with Crippen LogP contribution >= 0.6 is 27.5 Å². The first-order valence-corrected chi connectivity index (χ1v) is 7.45. The average molecular weight is 384 g/mol. The van der Waals surface area contributed by atoms with Crippen LogP contribution in [0.25, 0.3) is 0 Å². The number of benzene rings is 2. The predicted molar refractivity (Wildman–Crippen MR) is 88.4 cm³/mol. The van der Waals surface area contributed by atoms with Crippen molar-refractivity contribution in [2.75, 3.05) is 5.32 Å². The lowest BCUT2D eigenvalue weighted by molar-refractivity contribution is 0.0697. The first kappa shape index (κ1) is 16.3. The van der Waals surface area contributed by atoms with Gasteiger partial charge in [-0.3, -0.25) is 0 Å². The van der Waals surface area contributed by atoms with E-state index in [1.807, 2.05) is 0 Å². The number of nitrogens with one attached hydrogen (secondary N) is 2. The van der Waals surface area contributed by atoms with E-state index in [0.717, 1.165) is 10.0 Å². The molecule has 0 atom stereocenters. The Labute approximate surface area is 140 Å². The van der Waals surface area contributed by atoms with Gasteiger partial charge in [0.1, 0.15) is 0 Å². The molecule has 0 bridgehead atoms. The maximum Gasteiger partial charge on any atom is 0.335 e. The highest BCUT2D eigenvalue weighted by atomic mass is 79.9. The minimum atomic E-state index is -0.984. The van der Waals surface area contributed by atoms with E-state index >= 15 is 0 Å². The molecule has 2 rings (SSSR count). The van der Waals surface area contributed by atoms with Gasteiger partial charge < -0.3 is 15.7 Å². The fourth-order valence-corrected chi connectivity index (χ4v) is 2.43. The Kier molecular flexibility index (Phi) is 5.41. The molecule has 0 saturated carbocycles. The van der Waals surface area contributed by atoms with Gasteiger partial charge in [0.15, 0.2) is 0 Å². The molecule has 0 unspecified atom stereocenters. The van der Waals surface area contributed by atoms with Crippen molar-refractivity contribution < 1.29 is 14.7 Å². The molecule has 0 saturated heterocycles. The van der Waals surface area contributed by atoms with Gasteiger partial charge in [-0.1, -0.05) is 39.7 Å². The van der Waals surface area contributed by atoms with E-state index in [9.17, 15) is 9.59 Å². The van der Waals surface area contributed by atoms with E-state index in [-0.39, 0.29) is 12.1 Å². The largest absolute Gasteiger partial charge is 0.478 e. The lowest BCUT2D eigenvalue weighted by Gasteiger charge is -2.09. The van der Waals surface area contributed by atoms with Gasteiger partial charge in [-0.05, 0) is 35.9 Å². The molecule has 2 amide bonds. The third-order valence-electron chi connectivity index (χ3n) is 2.83. The van der Waals surface area contributed by atoms with Gasteiger partial charge in [0.05, 0.1) is 16.3 Å². The summed E-state index contributed by atoms with van der Waals surface area (Å²) in [6, 6.07) is 11.0. The summed E-state index contributed by atoms with van der Waals surface area (Å²) in [4.78, 5) is 22.6. The molecule has 0 aliphatic heterocycles. The number of carboxylic acid groups (broad SMARTS) is 1. The van der Waals surface area contributed by atoms with Crippen molar-refractivity contribution in [3.8, 4) is 0 Å². The molecule has 0 fully saturated rings. The number of carbonyl (C=O) groups excluding carboxylic acids is 1. The molecule has 0 aliphatic rings. The molecule has 0 aromatic heterocycles. The standard InChI is InChI=1S/C15H12BrClN2O3/c16-11-5-6-13(12(17)7-11)19-15(22)18-8-9-1-3-10(4-2-9)14(20)21/h1-7H,8H2,(H,20,21)(H2,18,19,22). The lowest BCUT2D eigenvalue weighted by Crippen LogP contribution is -2.28. The number of amides is 2. The van der Waals surface area contributed by atoms with E-state index in [4.69, 9.17) is 16.7 Å². The minimum absolute atomic E-state index is 0.204. The Morgan fingerprint density at radius 1 is 1.14 bits per heavy atom. The van der Waals surface area contributed by atoms with Crippen molar-refractivity contribution in [2.24, 2.45) is 0 Å². The third kappa shape index (κ3) is 4.47. The second-order valence-electron chi connectivity index (χ2n) is 4.43. The van der Waals surface area contributed by atoms with Gasteiger partial charge in [-0.15, -0.1) is 0 Å². The zero-order valence-electron chi connectivity index (χ0n) is 11.3. The van der Waals surface area contributed by atoms with Crippen LogP contribution < -0.4 is 10.6 Å². The van der Waals surface area contributed by atoms with Gasteiger partial charge in [0.2, 0.25) is 0 Å². The highest BCUT2D eigenvalue weighted by Gasteiger charge is 2.06. The molecule has 22 heavy (non-hydrogen) atoms. The zero-order valence-corrected chi connectivity index (χ0v) is 13.6. The molecule has 2 aromatic rings. The van der Waals surface area contributed by atoms with Crippen LogP contribution in [-0.2, 0) is 6.54 Å². The van der Waals surface area contributed by atoms with E-state index in [2.05, 4.69) is 26.6 Å². The summed E-state index contributed by atoms with van der Waals surface area (Å²) in [5, 5.41) is 14.5. The number of aromatic carboxylic acids is 1. The second kappa shape index (κ2) is 7.29. The molecule has 0 heterocycles. The van der Waals surface area contributed by atoms with E-state index in [1.54, 1.807) is 30.3 Å². The summed E-state index contributed by atoms with van der Waals surface area (Å²) in [5.41, 5.74) is 1.50. The molecule has 2 aromatic carbocycles. The van der Waals surface area contributed by atoms with Gasteiger partial charge in [0.25, 0.3) is 0 Å². The Balaban J connectivity index is 1.91. The number of hydrogen-bond donors (Lipinski definition) is 3. The molecule has 7 heteroatoms. The van der Waals surface area contributed by atoms with Crippen molar-refractivity contribution in [3.63, 3.8) is 0 Å². The summed E-state index contributed by atoms with van der Waals surface area (Å²) in [5.74, 6) is -0.984. The Bertz CT molecular complexity index is 704.